The Balaban J connectivity index is 3.29. The van der Waals surface area contributed by atoms with E-state index in [0.717, 1.165) is 0 Å². The molecule has 0 radical (unpaired) electrons. The van der Waals surface area contributed by atoms with Crippen LogP contribution in [0.2, 0.25) is 0 Å². The summed E-state index contributed by atoms with van der Waals surface area (Å²) in [6, 6.07) is 2.83. The molecule has 1 rings (SSSR count). The normalized spacial score (nSPS) is 11.6. The second-order valence-electron chi connectivity index (χ2n) is 3.54. The van der Waals surface area contributed by atoms with Gasteiger partial charge in [-0.2, -0.15) is 0 Å². The van der Waals surface area contributed by atoms with Crippen LogP contribution in [-0.2, 0) is 11.3 Å². The minimum absolute atomic E-state index is 0.139. The highest BCUT2D eigenvalue weighted by molar-refractivity contribution is 6.74. The van der Waals surface area contributed by atoms with Crippen molar-refractivity contribution in [1.82, 2.24) is 0 Å². The largest absolute Gasteiger partial charge is 0.513 e. The first-order valence-corrected chi connectivity index (χ1v) is 4.76. The fourth-order valence-electron chi connectivity index (χ4n) is 1.68. The lowest BCUT2D eigenvalue weighted by molar-refractivity contribution is 0.184. The molecule has 0 heterocycles. The van der Waals surface area contributed by atoms with Gasteiger partial charge in [0.05, 0.1) is 19.5 Å². The maximum Gasteiger partial charge on any atom is 0.513 e. The topological polar surface area (TPSA) is 18.5 Å². The number of halogens is 3. The van der Waals surface area contributed by atoms with E-state index in [1.807, 2.05) is 0 Å². The summed E-state index contributed by atoms with van der Waals surface area (Å²) >= 11 is 0. The van der Waals surface area contributed by atoms with E-state index in [2.05, 4.69) is 0 Å². The molecule has 0 aliphatic rings. The third-order valence-electron chi connectivity index (χ3n) is 2.27. The van der Waals surface area contributed by atoms with E-state index in [9.17, 15) is 12.9 Å². The van der Waals surface area contributed by atoms with Crippen molar-refractivity contribution in [3.05, 3.63) is 23.3 Å². The average molecular weight is 233 g/mol. The van der Waals surface area contributed by atoms with Gasteiger partial charge in [0.15, 0.2) is 0 Å². The van der Waals surface area contributed by atoms with E-state index >= 15 is 0 Å². The molecule has 0 saturated carbocycles. The second-order valence-corrected chi connectivity index (χ2v) is 3.54. The minimum Gasteiger partial charge on any atom is -0.500 e. The highest BCUT2D eigenvalue weighted by Gasteiger charge is 2.31. The molecule has 0 N–H and O–H groups in total. The SMILES string of the molecule is COCc1cc(C)c([B-](F)(F)F)c(OC)c1. The predicted octanol–water partition coefficient (Wildman–Crippen LogP) is 2.20. The molecule has 0 bridgehead atoms. The molecule has 0 fully saturated rings. The van der Waals surface area contributed by atoms with Gasteiger partial charge in [-0.15, -0.1) is 0 Å². The molecule has 0 aliphatic carbocycles. The van der Waals surface area contributed by atoms with Crippen LogP contribution < -0.4 is 10.2 Å². The van der Waals surface area contributed by atoms with Crippen LogP contribution in [0.1, 0.15) is 11.1 Å². The Morgan fingerprint density at radius 2 is 1.81 bits per heavy atom. The van der Waals surface area contributed by atoms with Crippen molar-refractivity contribution < 1.29 is 22.4 Å². The average Bonchev–Trinajstić information content (AvgIpc) is 2.15. The van der Waals surface area contributed by atoms with Gasteiger partial charge in [-0.05, 0) is 18.6 Å². The first kappa shape index (κ1) is 12.9. The molecule has 0 aliphatic heterocycles. The van der Waals surface area contributed by atoms with Gasteiger partial charge in [0.2, 0.25) is 0 Å². The van der Waals surface area contributed by atoms with Crippen LogP contribution >= 0.6 is 0 Å². The van der Waals surface area contributed by atoms with E-state index in [1.54, 1.807) is 0 Å². The predicted molar refractivity (Wildman–Crippen MR) is 57.2 cm³/mol. The minimum atomic E-state index is -5.06. The molecule has 0 unspecified atom stereocenters. The zero-order valence-electron chi connectivity index (χ0n) is 9.39. The summed E-state index contributed by atoms with van der Waals surface area (Å²) in [6.07, 6.45) is 0. The standard InChI is InChI=1S/C10H13BF3O2/c1-7-4-8(6-15-2)5-9(16-3)10(7)11(12,13)14/h4-5H,6H2,1-3H3/q-1. The van der Waals surface area contributed by atoms with Crippen LogP contribution in [0.4, 0.5) is 12.9 Å². The summed E-state index contributed by atoms with van der Waals surface area (Å²) in [4.78, 5) is 0. The Hall–Kier alpha value is -1.17. The van der Waals surface area contributed by atoms with E-state index < -0.39 is 12.4 Å². The van der Waals surface area contributed by atoms with Gasteiger partial charge in [-0.3, -0.25) is 0 Å². The van der Waals surface area contributed by atoms with Crippen LogP contribution in [0.5, 0.6) is 5.75 Å². The zero-order valence-corrected chi connectivity index (χ0v) is 9.39. The number of ether oxygens (including phenoxy) is 2. The summed E-state index contributed by atoms with van der Waals surface area (Å²) in [5.41, 5.74) is 0.168. The molecule has 2 nitrogen and oxygen atoms in total. The molecule has 0 atom stereocenters. The summed E-state index contributed by atoms with van der Waals surface area (Å²) < 4.78 is 48.0. The Kier molecular flexibility index (Phi) is 3.85. The van der Waals surface area contributed by atoms with E-state index in [1.165, 1.54) is 33.3 Å². The fourth-order valence-corrected chi connectivity index (χ4v) is 1.68. The van der Waals surface area contributed by atoms with Crippen molar-refractivity contribution in [2.75, 3.05) is 14.2 Å². The Morgan fingerprint density at radius 3 is 2.25 bits per heavy atom. The van der Waals surface area contributed by atoms with Gasteiger partial charge in [-0.25, -0.2) is 0 Å². The second kappa shape index (κ2) is 4.78. The van der Waals surface area contributed by atoms with Gasteiger partial charge in [0.1, 0.15) is 0 Å². The number of methoxy groups -OCH3 is 2. The van der Waals surface area contributed by atoms with Crippen LogP contribution in [0.3, 0.4) is 0 Å². The molecular weight excluding hydrogens is 220 g/mol. The lowest BCUT2D eigenvalue weighted by Gasteiger charge is -2.22. The Labute approximate surface area is 92.4 Å². The van der Waals surface area contributed by atoms with E-state index in [4.69, 9.17) is 9.47 Å². The van der Waals surface area contributed by atoms with Crippen molar-refractivity contribution in [3.8, 4) is 5.75 Å². The van der Waals surface area contributed by atoms with Gasteiger partial charge >= 0.3 is 6.98 Å². The van der Waals surface area contributed by atoms with Gasteiger partial charge in [0, 0.05) is 7.11 Å². The third kappa shape index (κ3) is 2.69. The van der Waals surface area contributed by atoms with Gasteiger partial charge in [0.25, 0.3) is 0 Å². The van der Waals surface area contributed by atoms with Crippen molar-refractivity contribution >= 4 is 12.4 Å². The fraction of sp³-hybridized carbons (Fsp3) is 0.400. The van der Waals surface area contributed by atoms with Crippen molar-refractivity contribution in [1.29, 1.82) is 0 Å². The molecule has 1 aromatic carbocycles. The van der Waals surface area contributed by atoms with Crippen LogP contribution in [-0.4, -0.2) is 21.2 Å². The maximum atomic E-state index is 12.8. The zero-order chi connectivity index (χ0) is 12.3. The monoisotopic (exact) mass is 233 g/mol. The Bertz CT molecular complexity index is 377. The lowest BCUT2D eigenvalue weighted by atomic mass is 9.76. The van der Waals surface area contributed by atoms with E-state index in [-0.39, 0.29) is 17.9 Å². The number of hydrogen-bond donors (Lipinski definition) is 0. The molecule has 0 aromatic heterocycles. The first-order valence-electron chi connectivity index (χ1n) is 4.76. The lowest BCUT2D eigenvalue weighted by Crippen LogP contribution is -2.37. The molecule has 0 saturated heterocycles. The molecule has 16 heavy (non-hydrogen) atoms. The molecule has 0 amide bonds. The molecule has 90 valence electrons. The highest BCUT2D eigenvalue weighted by Crippen LogP contribution is 2.22. The van der Waals surface area contributed by atoms with E-state index in [0.29, 0.717) is 5.56 Å². The number of rotatable bonds is 4. The molecule has 1 aromatic rings. The van der Waals surface area contributed by atoms with Crippen molar-refractivity contribution in [3.63, 3.8) is 0 Å². The van der Waals surface area contributed by atoms with Crippen LogP contribution in [0.15, 0.2) is 12.1 Å². The number of benzene rings is 1. The maximum absolute atomic E-state index is 12.8. The number of hydrogen-bond acceptors (Lipinski definition) is 2. The summed E-state index contributed by atoms with van der Waals surface area (Å²) in [7, 11) is 2.72. The van der Waals surface area contributed by atoms with Crippen molar-refractivity contribution in [2.45, 2.75) is 13.5 Å². The summed E-state index contributed by atoms with van der Waals surface area (Å²) in [6.45, 7) is -3.37. The molecular formula is C10H13BF3O2-. The van der Waals surface area contributed by atoms with Crippen LogP contribution in [0, 0.1) is 6.92 Å². The van der Waals surface area contributed by atoms with Crippen molar-refractivity contribution in [2.24, 2.45) is 0 Å². The van der Waals surface area contributed by atoms with Gasteiger partial charge < -0.3 is 22.4 Å². The molecule has 6 heteroatoms. The first-order chi connectivity index (χ1) is 7.40. The van der Waals surface area contributed by atoms with Crippen LogP contribution in [0.25, 0.3) is 0 Å². The number of aryl methyl sites for hydroxylation is 1. The highest BCUT2D eigenvalue weighted by atomic mass is 19.4. The van der Waals surface area contributed by atoms with Gasteiger partial charge in [-0.1, -0.05) is 17.1 Å². The smallest absolute Gasteiger partial charge is 0.500 e. The third-order valence-corrected chi connectivity index (χ3v) is 2.27. The Morgan fingerprint density at radius 1 is 1.19 bits per heavy atom. The summed E-state index contributed by atoms with van der Waals surface area (Å²) in [5.74, 6) is -0.139. The molecule has 0 spiro atoms. The summed E-state index contributed by atoms with van der Waals surface area (Å²) in [5, 5.41) is 0. The quantitative estimate of drug-likeness (QED) is 0.742.